The number of hydrogen-bond donors (Lipinski definition) is 0. The number of rotatable bonds is 5. The van der Waals surface area contributed by atoms with E-state index in [9.17, 15) is 4.79 Å². The van der Waals surface area contributed by atoms with E-state index in [0.717, 1.165) is 27.6 Å². The summed E-state index contributed by atoms with van der Waals surface area (Å²) in [5.41, 5.74) is 1.88. The Hall–Kier alpha value is -3.07. The fourth-order valence-corrected chi connectivity index (χ4v) is 2.52. The molecule has 0 spiro atoms. The Labute approximate surface area is 141 Å². The molecule has 120 valence electrons. The first kappa shape index (κ1) is 15.8. The molecule has 0 aliphatic rings. The quantitative estimate of drug-likeness (QED) is 0.509. The van der Waals surface area contributed by atoms with Gasteiger partial charge < -0.3 is 9.47 Å². The minimum absolute atomic E-state index is 0.253. The Bertz CT molecular complexity index is 876. The number of hydrogen-bond acceptors (Lipinski definition) is 3. The predicted octanol–water partition coefficient (Wildman–Crippen LogP) is 4.61. The van der Waals surface area contributed by atoms with Crippen LogP contribution in [0.2, 0.25) is 0 Å². The number of carbonyl (C=O) groups excluding carboxylic acids is 1. The Balaban J connectivity index is 1.65. The normalized spacial score (nSPS) is 10.9. The molecule has 0 radical (unpaired) electrons. The topological polar surface area (TPSA) is 35.5 Å². The van der Waals surface area contributed by atoms with Crippen molar-refractivity contribution >= 4 is 22.8 Å². The molecule has 24 heavy (non-hydrogen) atoms. The summed E-state index contributed by atoms with van der Waals surface area (Å²) in [5.74, 6) is 0.382. The molecule has 3 nitrogen and oxygen atoms in total. The lowest BCUT2D eigenvalue weighted by Gasteiger charge is -2.06. The largest absolute Gasteiger partial charge is 0.497 e. The second kappa shape index (κ2) is 7.47. The molecule has 0 bridgehead atoms. The molecule has 3 rings (SSSR count). The van der Waals surface area contributed by atoms with Gasteiger partial charge in [0.05, 0.1) is 7.11 Å². The van der Waals surface area contributed by atoms with E-state index in [4.69, 9.17) is 9.47 Å². The maximum atomic E-state index is 11.9. The van der Waals surface area contributed by atoms with Crippen LogP contribution in [0.5, 0.6) is 5.75 Å². The number of carbonyl (C=O) groups is 1. The highest BCUT2D eigenvalue weighted by Gasteiger charge is 2.03. The van der Waals surface area contributed by atoms with Crippen LogP contribution in [0.1, 0.15) is 11.1 Å². The van der Waals surface area contributed by atoms with Crippen molar-refractivity contribution in [3.8, 4) is 5.75 Å². The van der Waals surface area contributed by atoms with Crippen LogP contribution in [0.3, 0.4) is 0 Å². The van der Waals surface area contributed by atoms with Gasteiger partial charge in [-0.3, -0.25) is 0 Å². The molecule has 0 aliphatic heterocycles. The standard InChI is InChI=1S/C21H18O3/c1-23-19-10-4-6-16(14-19)12-13-21(22)24-15-18-9-5-8-17-7-2-3-11-20(17)18/h2-14H,15H2,1H3/b13-12+. The molecule has 3 heteroatoms. The summed E-state index contributed by atoms with van der Waals surface area (Å²) >= 11 is 0. The Morgan fingerprint density at radius 1 is 1.00 bits per heavy atom. The minimum Gasteiger partial charge on any atom is -0.497 e. The van der Waals surface area contributed by atoms with E-state index < -0.39 is 0 Å². The first-order chi connectivity index (χ1) is 11.8. The number of fused-ring (bicyclic) bond motifs is 1. The lowest BCUT2D eigenvalue weighted by atomic mass is 10.1. The first-order valence-corrected chi connectivity index (χ1v) is 7.72. The molecule has 0 heterocycles. The molecule has 3 aromatic carbocycles. The lowest BCUT2D eigenvalue weighted by molar-refractivity contribution is -0.138. The van der Waals surface area contributed by atoms with E-state index in [1.807, 2.05) is 66.7 Å². The van der Waals surface area contributed by atoms with Crippen molar-refractivity contribution < 1.29 is 14.3 Å². The summed E-state index contributed by atoms with van der Waals surface area (Å²) < 4.78 is 10.5. The van der Waals surface area contributed by atoms with Crippen LogP contribution in [-0.2, 0) is 16.1 Å². The monoisotopic (exact) mass is 318 g/mol. The van der Waals surface area contributed by atoms with Crippen LogP contribution in [0.4, 0.5) is 0 Å². The molecular weight excluding hydrogens is 300 g/mol. The van der Waals surface area contributed by atoms with E-state index in [1.54, 1.807) is 13.2 Å². The molecule has 0 N–H and O–H groups in total. The van der Waals surface area contributed by atoms with Crippen LogP contribution in [0.15, 0.2) is 72.8 Å². The third-order valence-corrected chi connectivity index (χ3v) is 3.76. The molecular formula is C21H18O3. The van der Waals surface area contributed by atoms with Crippen molar-refractivity contribution in [1.29, 1.82) is 0 Å². The van der Waals surface area contributed by atoms with Crippen molar-refractivity contribution in [2.75, 3.05) is 7.11 Å². The smallest absolute Gasteiger partial charge is 0.331 e. The fraction of sp³-hybridized carbons (Fsp3) is 0.0952. The zero-order chi connectivity index (χ0) is 16.8. The zero-order valence-electron chi connectivity index (χ0n) is 13.4. The average molecular weight is 318 g/mol. The summed E-state index contributed by atoms with van der Waals surface area (Å²) in [6, 6.07) is 21.5. The maximum absolute atomic E-state index is 11.9. The van der Waals surface area contributed by atoms with Crippen molar-refractivity contribution in [2.24, 2.45) is 0 Å². The number of esters is 1. The van der Waals surface area contributed by atoms with Crippen molar-refractivity contribution in [2.45, 2.75) is 6.61 Å². The van der Waals surface area contributed by atoms with Crippen LogP contribution in [0, 0.1) is 0 Å². The SMILES string of the molecule is COc1cccc(/C=C/C(=O)OCc2cccc3ccccc23)c1. The molecule has 3 aromatic rings. The van der Waals surface area contributed by atoms with Gasteiger partial charge in [0, 0.05) is 6.08 Å². The van der Waals surface area contributed by atoms with Gasteiger partial charge in [-0.1, -0.05) is 54.6 Å². The first-order valence-electron chi connectivity index (χ1n) is 7.72. The van der Waals surface area contributed by atoms with E-state index in [-0.39, 0.29) is 12.6 Å². The Morgan fingerprint density at radius 2 is 1.79 bits per heavy atom. The zero-order valence-corrected chi connectivity index (χ0v) is 13.4. The minimum atomic E-state index is -0.370. The van der Waals surface area contributed by atoms with Gasteiger partial charge in [-0.25, -0.2) is 4.79 Å². The molecule has 0 atom stereocenters. The predicted molar refractivity (Wildman–Crippen MR) is 95.8 cm³/mol. The van der Waals surface area contributed by atoms with E-state index in [1.165, 1.54) is 6.08 Å². The molecule has 0 aliphatic carbocycles. The van der Waals surface area contributed by atoms with Gasteiger partial charge in [0.1, 0.15) is 12.4 Å². The summed E-state index contributed by atoms with van der Waals surface area (Å²) in [6.45, 7) is 0.253. The highest BCUT2D eigenvalue weighted by Crippen LogP contribution is 2.19. The van der Waals surface area contributed by atoms with Crippen molar-refractivity contribution in [1.82, 2.24) is 0 Å². The van der Waals surface area contributed by atoms with Crippen LogP contribution in [-0.4, -0.2) is 13.1 Å². The Morgan fingerprint density at radius 3 is 2.67 bits per heavy atom. The molecule has 0 saturated carbocycles. The summed E-state index contributed by atoms with van der Waals surface area (Å²) in [4.78, 5) is 11.9. The van der Waals surface area contributed by atoms with Crippen LogP contribution < -0.4 is 4.74 Å². The number of ether oxygens (including phenoxy) is 2. The van der Waals surface area contributed by atoms with Gasteiger partial charge >= 0.3 is 5.97 Å². The second-order valence-electron chi connectivity index (χ2n) is 5.36. The third-order valence-electron chi connectivity index (χ3n) is 3.76. The fourth-order valence-electron chi connectivity index (χ4n) is 2.52. The Kier molecular flexibility index (Phi) is 4.92. The third kappa shape index (κ3) is 3.82. The molecule has 0 unspecified atom stereocenters. The van der Waals surface area contributed by atoms with Gasteiger partial charge in [-0.15, -0.1) is 0 Å². The number of benzene rings is 3. The molecule has 0 fully saturated rings. The second-order valence-corrected chi connectivity index (χ2v) is 5.36. The average Bonchev–Trinajstić information content (AvgIpc) is 2.64. The molecule has 0 saturated heterocycles. The van der Waals surface area contributed by atoms with Crippen molar-refractivity contribution in [3.05, 3.63) is 83.9 Å². The van der Waals surface area contributed by atoms with Gasteiger partial charge in [0.15, 0.2) is 0 Å². The van der Waals surface area contributed by atoms with E-state index in [0.29, 0.717) is 0 Å². The lowest BCUT2D eigenvalue weighted by Crippen LogP contribution is -2.01. The van der Waals surface area contributed by atoms with Crippen LogP contribution in [0.25, 0.3) is 16.8 Å². The molecule has 0 aromatic heterocycles. The van der Waals surface area contributed by atoms with Gasteiger partial charge in [0.2, 0.25) is 0 Å². The highest BCUT2D eigenvalue weighted by atomic mass is 16.5. The van der Waals surface area contributed by atoms with E-state index in [2.05, 4.69) is 0 Å². The van der Waals surface area contributed by atoms with Gasteiger partial charge in [0.25, 0.3) is 0 Å². The number of methoxy groups -OCH3 is 1. The summed E-state index contributed by atoms with van der Waals surface area (Å²) in [7, 11) is 1.61. The van der Waals surface area contributed by atoms with Gasteiger partial charge in [-0.05, 0) is 40.1 Å². The molecule has 0 amide bonds. The summed E-state index contributed by atoms with van der Waals surface area (Å²) in [6.07, 6.45) is 3.15. The summed E-state index contributed by atoms with van der Waals surface area (Å²) in [5, 5.41) is 2.24. The van der Waals surface area contributed by atoms with E-state index >= 15 is 0 Å². The highest BCUT2D eigenvalue weighted by molar-refractivity contribution is 5.88. The van der Waals surface area contributed by atoms with Crippen LogP contribution >= 0.6 is 0 Å². The van der Waals surface area contributed by atoms with Crippen molar-refractivity contribution in [3.63, 3.8) is 0 Å². The van der Waals surface area contributed by atoms with Gasteiger partial charge in [-0.2, -0.15) is 0 Å². The maximum Gasteiger partial charge on any atom is 0.331 e.